The molecule has 0 spiro atoms. The number of amides is 1. The van der Waals surface area contributed by atoms with E-state index < -0.39 is 10.0 Å². The molecule has 8 nitrogen and oxygen atoms in total. The van der Waals surface area contributed by atoms with Crippen LogP contribution in [0.4, 0.5) is 5.69 Å². The highest BCUT2D eigenvalue weighted by Crippen LogP contribution is 2.26. The van der Waals surface area contributed by atoms with Gasteiger partial charge in [-0.1, -0.05) is 24.3 Å². The molecule has 35 heavy (non-hydrogen) atoms. The van der Waals surface area contributed by atoms with Gasteiger partial charge in [0.2, 0.25) is 0 Å². The summed E-state index contributed by atoms with van der Waals surface area (Å²) in [6.07, 6.45) is 3.53. The van der Waals surface area contributed by atoms with Gasteiger partial charge in [-0.15, -0.1) is 0 Å². The van der Waals surface area contributed by atoms with Crippen molar-refractivity contribution in [2.24, 2.45) is 5.92 Å². The highest BCUT2D eigenvalue weighted by atomic mass is 32.2. The molecule has 0 unspecified atom stereocenters. The first-order valence-electron chi connectivity index (χ1n) is 11.1. The number of ketones is 1. The molecular formula is C26H22N4O4S. The van der Waals surface area contributed by atoms with E-state index in [9.17, 15) is 18.0 Å². The average Bonchev–Trinajstić information content (AvgIpc) is 2.86. The van der Waals surface area contributed by atoms with Gasteiger partial charge >= 0.3 is 0 Å². The molecule has 3 heterocycles. The number of Topliss-reactive ketones (excluding diaryl/α,β-unsaturated/α-hetero) is 1. The van der Waals surface area contributed by atoms with E-state index in [0.29, 0.717) is 42.0 Å². The van der Waals surface area contributed by atoms with Gasteiger partial charge in [-0.2, -0.15) is 0 Å². The first-order chi connectivity index (χ1) is 16.9. The average molecular weight is 487 g/mol. The number of fused-ring (bicyclic) bond motifs is 1. The maximum atomic E-state index is 12.9. The first-order valence-corrected chi connectivity index (χ1v) is 12.6. The van der Waals surface area contributed by atoms with Crippen LogP contribution in [-0.4, -0.2) is 48.1 Å². The van der Waals surface area contributed by atoms with E-state index in [4.69, 9.17) is 0 Å². The molecule has 4 aromatic rings. The van der Waals surface area contributed by atoms with Crippen molar-refractivity contribution in [1.82, 2.24) is 14.9 Å². The van der Waals surface area contributed by atoms with Gasteiger partial charge in [0.1, 0.15) is 5.69 Å². The number of para-hydroxylation sites is 1. The number of hydrogen-bond acceptors (Lipinski definition) is 6. The van der Waals surface area contributed by atoms with Crippen molar-refractivity contribution >= 4 is 38.3 Å². The number of anilines is 1. The standard InChI is InChI=1S/C26H22N4O4S/c31-24(22-7-1-2-13-27-22)15-18-16-30(17-18)26(32)20-9-11-21(12-10-20)35(33,34)29-23-8-3-5-19-6-4-14-28-25(19)23/h1-14,18,29H,15-17H2. The molecule has 0 radical (unpaired) electrons. The molecule has 0 atom stereocenters. The fourth-order valence-corrected chi connectivity index (χ4v) is 5.18. The Morgan fingerprint density at radius 3 is 2.37 bits per heavy atom. The lowest BCUT2D eigenvalue weighted by Crippen LogP contribution is -2.50. The second kappa shape index (κ2) is 9.27. The monoisotopic (exact) mass is 486 g/mol. The van der Waals surface area contributed by atoms with Crippen LogP contribution in [0.25, 0.3) is 10.9 Å². The first kappa shape index (κ1) is 22.7. The molecule has 1 amide bonds. The van der Waals surface area contributed by atoms with E-state index in [1.54, 1.807) is 53.7 Å². The van der Waals surface area contributed by atoms with Crippen molar-refractivity contribution in [1.29, 1.82) is 0 Å². The number of nitrogens with one attached hydrogen (secondary N) is 1. The Bertz CT molecular complexity index is 1490. The molecule has 1 N–H and O–H groups in total. The molecule has 1 fully saturated rings. The van der Waals surface area contributed by atoms with Gasteiger partial charge in [-0.05, 0) is 48.5 Å². The summed E-state index contributed by atoms with van der Waals surface area (Å²) in [7, 11) is -3.87. The zero-order chi connectivity index (χ0) is 24.4. The van der Waals surface area contributed by atoms with E-state index in [2.05, 4.69) is 14.7 Å². The number of aromatic nitrogens is 2. The minimum absolute atomic E-state index is 0.0360. The Morgan fingerprint density at radius 1 is 0.886 bits per heavy atom. The van der Waals surface area contributed by atoms with Gasteiger partial charge in [-0.3, -0.25) is 24.3 Å². The lowest BCUT2D eigenvalue weighted by Gasteiger charge is -2.39. The summed E-state index contributed by atoms with van der Waals surface area (Å²) in [5.74, 6) is -0.139. The van der Waals surface area contributed by atoms with Crippen LogP contribution in [0.2, 0.25) is 0 Å². The summed E-state index contributed by atoms with van der Waals surface area (Å²) >= 11 is 0. The van der Waals surface area contributed by atoms with E-state index in [-0.39, 0.29) is 22.5 Å². The van der Waals surface area contributed by atoms with Crippen LogP contribution >= 0.6 is 0 Å². The van der Waals surface area contributed by atoms with Crippen molar-refractivity contribution in [3.05, 3.63) is 96.4 Å². The van der Waals surface area contributed by atoms with Crippen LogP contribution < -0.4 is 4.72 Å². The number of sulfonamides is 1. The molecule has 1 aliphatic heterocycles. The smallest absolute Gasteiger partial charge is 0.261 e. The van der Waals surface area contributed by atoms with E-state index in [1.807, 2.05) is 12.1 Å². The predicted molar refractivity (Wildman–Crippen MR) is 132 cm³/mol. The van der Waals surface area contributed by atoms with E-state index in [0.717, 1.165) is 5.39 Å². The molecule has 5 rings (SSSR count). The fourth-order valence-electron chi connectivity index (χ4n) is 4.11. The third-order valence-electron chi connectivity index (χ3n) is 5.96. The minimum atomic E-state index is -3.87. The summed E-state index contributed by atoms with van der Waals surface area (Å²) in [5, 5.41) is 0.822. The van der Waals surface area contributed by atoms with Gasteiger partial charge in [-0.25, -0.2) is 8.42 Å². The van der Waals surface area contributed by atoms with Crippen molar-refractivity contribution < 1.29 is 18.0 Å². The van der Waals surface area contributed by atoms with Crippen LogP contribution in [0.3, 0.4) is 0 Å². The Labute approximate surface area is 202 Å². The lowest BCUT2D eigenvalue weighted by molar-refractivity contribution is 0.0468. The molecule has 1 saturated heterocycles. The highest BCUT2D eigenvalue weighted by Gasteiger charge is 2.33. The molecule has 9 heteroatoms. The summed E-state index contributed by atoms with van der Waals surface area (Å²) in [6, 6.07) is 20.0. The molecule has 176 valence electrons. The Morgan fingerprint density at radius 2 is 1.63 bits per heavy atom. The quantitative estimate of drug-likeness (QED) is 0.398. The van der Waals surface area contributed by atoms with E-state index >= 15 is 0 Å². The van der Waals surface area contributed by atoms with Crippen LogP contribution in [-0.2, 0) is 10.0 Å². The molecule has 2 aromatic carbocycles. The highest BCUT2D eigenvalue weighted by molar-refractivity contribution is 7.92. The number of carbonyl (C=O) groups excluding carboxylic acids is 2. The molecule has 1 aliphatic rings. The molecule has 0 saturated carbocycles. The number of nitrogens with zero attached hydrogens (tertiary/aromatic N) is 3. The summed E-state index contributed by atoms with van der Waals surface area (Å²) in [6.45, 7) is 0.959. The molecule has 2 aromatic heterocycles. The van der Waals surface area contributed by atoms with Crippen molar-refractivity contribution in [3.63, 3.8) is 0 Å². The number of pyridine rings is 2. The maximum absolute atomic E-state index is 12.9. The second-order valence-electron chi connectivity index (χ2n) is 8.43. The molecule has 0 aliphatic carbocycles. The zero-order valence-electron chi connectivity index (χ0n) is 18.7. The number of likely N-dealkylation sites (tertiary alicyclic amines) is 1. The lowest BCUT2D eigenvalue weighted by atomic mass is 9.92. The SMILES string of the molecule is O=C(CC1CN(C(=O)c2ccc(S(=O)(=O)Nc3cccc4cccnc34)cc2)C1)c1ccccn1. The van der Waals surface area contributed by atoms with Crippen molar-refractivity contribution in [3.8, 4) is 0 Å². The van der Waals surface area contributed by atoms with Gasteiger partial charge in [0.15, 0.2) is 5.78 Å². The van der Waals surface area contributed by atoms with Gasteiger partial charge in [0.05, 0.1) is 16.1 Å². The van der Waals surface area contributed by atoms with Crippen molar-refractivity contribution in [2.75, 3.05) is 17.8 Å². The fraction of sp³-hybridized carbons (Fsp3) is 0.154. The third-order valence-corrected chi connectivity index (χ3v) is 7.34. The van der Waals surface area contributed by atoms with Gasteiger partial charge < -0.3 is 4.90 Å². The predicted octanol–water partition coefficient (Wildman–Crippen LogP) is 3.78. The summed E-state index contributed by atoms with van der Waals surface area (Å²) in [5.41, 5.74) is 1.77. The largest absolute Gasteiger partial charge is 0.338 e. The van der Waals surface area contributed by atoms with Crippen molar-refractivity contribution in [2.45, 2.75) is 11.3 Å². The summed E-state index contributed by atoms with van der Waals surface area (Å²) < 4.78 is 28.4. The summed E-state index contributed by atoms with van der Waals surface area (Å²) in [4.78, 5) is 35.1. The van der Waals surface area contributed by atoms with Crippen LogP contribution in [0.15, 0.2) is 90.1 Å². The Kier molecular flexibility index (Phi) is 6.00. The van der Waals surface area contributed by atoms with Crippen LogP contribution in [0.5, 0.6) is 0 Å². The maximum Gasteiger partial charge on any atom is 0.261 e. The second-order valence-corrected chi connectivity index (χ2v) is 10.1. The Balaban J connectivity index is 1.22. The molecular weight excluding hydrogens is 464 g/mol. The number of hydrogen-bond donors (Lipinski definition) is 1. The van der Waals surface area contributed by atoms with Gasteiger partial charge in [0.25, 0.3) is 15.9 Å². The number of benzene rings is 2. The normalized spacial score (nSPS) is 13.9. The zero-order valence-corrected chi connectivity index (χ0v) is 19.5. The third kappa shape index (κ3) is 4.76. The van der Waals surface area contributed by atoms with Gasteiger partial charge in [0, 0.05) is 48.8 Å². The van der Waals surface area contributed by atoms with E-state index in [1.165, 1.54) is 24.3 Å². The van der Waals surface area contributed by atoms with Crippen LogP contribution in [0.1, 0.15) is 27.3 Å². The molecule has 0 bridgehead atoms. The topological polar surface area (TPSA) is 109 Å². The number of rotatable bonds is 7. The minimum Gasteiger partial charge on any atom is -0.338 e. The van der Waals surface area contributed by atoms with Crippen LogP contribution in [0, 0.1) is 5.92 Å². The Hall–Kier alpha value is -4.11. The number of carbonyl (C=O) groups is 2.